The third-order valence-electron chi connectivity index (χ3n) is 3.93. The molecule has 0 aliphatic rings. The summed E-state index contributed by atoms with van der Waals surface area (Å²) < 4.78 is 28.4. The lowest BCUT2D eigenvalue weighted by molar-refractivity contribution is 0.627. The molecule has 0 atom stereocenters. The zero-order valence-electron chi connectivity index (χ0n) is 13.9. The summed E-state index contributed by atoms with van der Waals surface area (Å²) in [5, 5.41) is 8.45. The molecular formula is C20H14F2N4. The summed E-state index contributed by atoms with van der Waals surface area (Å²) in [6.45, 7) is 1.96. The summed E-state index contributed by atoms with van der Waals surface area (Å²) in [6.07, 6.45) is 1.90. The van der Waals surface area contributed by atoms with Gasteiger partial charge in [0.05, 0.1) is 5.69 Å². The fraction of sp³-hybridized carbons (Fsp3) is 0.0500. The van der Waals surface area contributed by atoms with Crippen molar-refractivity contribution in [2.75, 3.05) is 0 Å². The molecule has 2 aromatic heterocycles. The molecule has 4 nitrogen and oxygen atoms in total. The predicted molar refractivity (Wildman–Crippen MR) is 95.9 cm³/mol. The van der Waals surface area contributed by atoms with Gasteiger partial charge in [-0.2, -0.15) is 0 Å². The molecule has 0 saturated heterocycles. The first-order valence-corrected chi connectivity index (χ1v) is 8.02. The zero-order chi connectivity index (χ0) is 18.1. The highest BCUT2D eigenvalue weighted by Gasteiger charge is 2.14. The summed E-state index contributed by atoms with van der Waals surface area (Å²) in [5.41, 5.74) is 3.43. The number of hydrogen-bond donors (Lipinski definition) is 0. The average Bonchev–Trinajstić information content (AvgIpc) is 2.98. The fourth-order valence-electron chi connectivity index (χ4n) is 2.68. The smallest absolute Gasteiger partial charge is 0.187 e. The number of hydrogen-bond acceptors (Lipinski definition) is 3. The highest BCUT2D eigenvalue weighted by Crippen LogP contribution is 2.32. The van der Waals surface area contributed by atoms with Crippen molar-refractivity contribution in [3.05, 3.63) is 84.1 Å². The van der Waals surface area contributed by atoms with Crippen LogP contribution in [0.15, 0.2) is 77.1 Å². The Bertz CT molecular complexity index is 1110. The zero-order valence-corrected chi connectivity index (χ0v) is 13.9. The topological polar surface area (TPSA) is 42.0 Å². The van der Waals surface area contributed by atoms with Gasteiger partial charge in [0.1, 0.15) is 23.0 Å². The van der Waals surface area contributed by atoms with Crippen molar-refractivity contribution in [3.63, 3.8) is 0 Å². The second-order valence-corrected chi connectivity index (χ2v) is 5.91. The number of rotatable bonds is 3. The largest absolute Gasteiger partial charge is 0.282 e. The third-order valence-corrected chi connectivity index (χ3v) is 3.93. The van der Waals surface area contributed by atoms with Gasteiger partial charge in [0, 0.05) is 17.8 Å². The molecule has 0 radical (unpaired) electrons. The Hall–Kier alpha value is -3.41. The summed E-state index contributed by atoms with van der Waals surface area (Å²) >= 11 is 0. The SMILES string of the molecule is Cc1ccc2nc(-c3ccc(F)cc3)c(N=Nc3cccc(F)c3)n2c1. The van der Waals surface area contributed by atoms with Crippen LogP contribution in [0.4, 0.5) is 20.3 Å². The summed E-state index contributed by atoms with van der Waals surface area (Å²) in [4.78, 5) is 4.60. The maximum Gasteiger partial charge on any atom is 0.187 e. The first-order valence-electron chi connectivity index (χ1n) is 8.02. The Kier molecular flexibility index (Phi) is 4.01. The number of halogens is 2. The molecule has 2 heterocycles. The van der Waals surface area contributed by atoms with Crippen molar-refractivity contribution in [3.8, 4) is 11.3 Å². The summed E-state index contributed by atoms with van der Waals surface area (Å²) in [7, 11) is 0. The van der Waals surface area contributed by atoms with E-state index in [4.69, 9.17) is 0 Å². The van der Waals surface area contributed by atoms with E-state index in [9.17, 15) is 8.78 Å². The van der Waals surface area contributed by atoms with Crippen molar-refractivity contribution in [2.24, 2.45) is 10.2 Å². The number of nitrogens with zero attached hydrogens (tertiary/aromatic N) is 4. The minimum Gasteiger partial charge on any atom is -0.282 e. The number of fused-ring (bicyclic) bond motifs is 1. The van der Waals surface area contributed by atoms with E-state index in [1.54, 1.807) is 24.3 Å². The van der Waals surface area contributed by atoms with Gasteiger partial charge in [0.25, 0.3) is 0 Å². The van der Waals surface area contributed by atoms with Crippen molar-refractivity contribution < 1.29 is 8.78 Å². The Morgan fingerprint density at radius 3 is 2.46 bits per heavy atom. The van der Waals surface area contributed by atoms with Gasteiger partial charge in [-0.25, -0.2) is 13.8 Å². The van der Waals surface area contributed by atoms with Gasteiger partial charge in [0.15, 0.2) is 5.82 Å². The Labute approximate surface area is 148 Å². The summed E-state index contributed by atoms with van der Waals surface area (Å²) in [5.74, 6) is -0.204. The van der Waals surface area contributed by atoms with E-state index >= 15 is 0 Å². The van der Waals surface area contributed by atoms with Crippen LogP contribution >= 0.6 is 0 Å². The predicted octanol–water partition coefficient (Wildman–Crippen LogP) is 6.00. The van der Waals surface area contributed by atoms with Crippen molar-refractivity contribution in [2.45, 2.75) is 6.92 Å². The van der Waals surface area contributed by atoms with Crippen LogP contribution in [0.25, 0.3) is 16.9 Å². The lowest BCUT2D eigenvalue weighted by Crippen LogP contribution is -1.85. The molecule has 0 unspecified atom stereocenters. The Morgan fingerprint density at radius 1 is 0.885 bits per heavy atom. The first-order chi connectivity index (χ1) is 12.6. The van der Waals surface area contributed by atoms with Crippen LogP contribution in [0, 0.1) is 18.6 Å². The third kappa shape index (κ3) is 3.09. The van der Waals surface area contributed by atoms with Crippen LogP contribution in [-0.2, 0) is 0 Å². The number of imidazole rings is 1. The molecule has 4 aromatic rings. The Morgan fingerprint density at radius 2 is 1.69 bits per heavy atom. The van der Waals surface area contributed by atoms with E-state index in [0.29, 0.717) is 22.8 Å². The fourth-order valence-corrected chi connectivity index (χ4v) is 2.68. The lowest BCUT2D eigenvalue weighted by atomic mass is 10.1. The highest BCUT2D eigenvalue weighted by molar-refractivity contribution is 5.74. The average molecular weight is 348 g/mol. The monoisotopic (exact) mass is 348 g/mol. The normalized spacial score (nSPS) is 11.5. The van der Waals surface area contributed by atoms with Gasteiger partial charge in [-0.1, -0.05) is 12.1 Å². The molecule has 0 spiro atoms. The van der Waals surface area contributed by atoms with Crippen molar-refractivity contribution in [1.82, 2.24) is 9.38 Å². The number of benzene rings is 2. The Balaban J connectivity index is 1.88. The van der Waals surface area contributed by atoms with E-state index < -0.39 is 0 Å². The van der Waals surface area contributed by atoms with Crippen LogP contribution < -0.4 is 0 Å². The standard InChI is InChI=1S/C20H14F2N4/c1-13-5-10-18-23-19(14-6-8-15(21)9-7-14)20(26(18)12-13)25-24-17-4-2-3-16(22)11-17/h2-12H,1H3. The molecule has 0 amide bonds. The number of aromatic nitrogens is 2. The molecule has 2 aromatic carbocycles. The highest BCUT2D eigenvalue weighted by atomic mass is 19.1. The molecule has 0 bridgehead atoms. The lowest BCUT2D eigenvalue weighted by Gasteiger charge is -2.01. The van der Waals surface area contributed by atoms with Crippen LogP contribution in [0.1, 0.15) is 5.56 Å². The molecule has 0 saturated carbocycles. The van der Waals surface area contributed by atoms with Crippen LogP contribution in [0.5, 0.6) is 0 Å². The second-order valence-electron chi connectivity index (χ2n) is 5.91. The van der Waals surface area contributed by atoms with Gasteiger partial charge < -0.3 is 0 Å². The van der Waals surface area contributed by atoms with Gasteiger partial charge in [-0.3, -0.25) is 4.40 Å². The first kappa shape index (κ1) is 16.1. The molecule has 0 aliphatic carbocycles. The molecule has 4 rings (SSSR count). The van der Waals surface area contributed by atoms with E-state index in [1.165, 1.54) is 24.3 Å². The molecular weight excluding hydrogens is 334 g/mol. The minimum atomic E-state index is -0.380. The molecule has 6 heteroatoms. The quantitative estimate of drug-likeness (QED) is 0.418. The second kappa shape index (κ2) is 6.48. The van der Waals surface area contributed by atoms with E-state index in [0.717, 1.165) is 11.1 Å². The van der Waals surface area contributed by atoms with Gasteiger partial charge >= 0.3 is 0 Å². The molecule has 0 aliphatic heterocycles. The molecule has 26 heavy (non-hydrogen) atoms. The number of pyridine rings is 1. The van der Waals surface area contributed by atoms with Crippen molar-refractivity contribution >= 4 is 17.2 Å². The van der Waals surface area contributed by atoms with Gasteiger partial charge in [-0.05, 0) is 55.0 Å². The molecule has 128 valence electrons. The van der Waals surface area contributed by atoms with Gasteiger partial charge in [-0.15, -0.1) is 10.2 Å². The maximum absolute atomic E-state index is 13.4. The van der Waals surface area contributed by atoms with Gasteiger partial charge in [0.2, 0.25) is 0 Å². The van der Waals surface area contributed by atoms with E-state index in [1.807, 2.05) is 29.7 Å². The summed E-state index contributed by atoms with van der Waals surface area (Å²) in [6, 6.07) is 15.7. The van der Waals surface area contributed by atoms with E-state index in [2.05, 4.69) is 15.2 Å². The minimum absolute atomic E-state index is 0.323. The van der Waals surface area contributed by atoms with Crippen molar-refractivity contribution in [1.29, 1.82) is 0 Å². The van der Waals surface area contributed by atoms with Crippen LogP contribution in [0.3, 0.4) is 0 Å². The molecule has 0 fully saturated rings. The maximum atomic E-state index is 13.4. The van der Waals surface area contributed by atoms with E-state index in [-0.39, 0.29) is 11.6 Å². The number of azo groups is 1. The molecule has 0 N–H and O–H groups in total. The van der Waals surface area contributed by atoms with Crippen LogP contribution in [-0.4, -0.2) is 9.38 Å². The van der Waals surface area contributed by atoms with Crippen LogP contribution in [0.2, 0.25) is 0 Å². The number of aryl methyl sites for hydroxylation is 1.